The Morgan fingerprint density at radius 1 is 1.06 bits per heavy atom. The van der Waals surface area contributed by atoms with E-state index in [0.29, 0.717) is 40.1 Å². The van der Waals surface area contributed by atoms with Gasteiger partial charge in [-0.3, -0.25) is 4.57 Å². The molecule has 1 saturated carbocycles. The van der Waals surface area contributed by atoms with Crippen molar-refractivity contribution in [1.29, 1.82) is 0 Å². The molecular formula is C26H36NO5P. The molecule has 1 fully saturated rings. The van der Waals surface area contributed by atoms with Gasteiger partial charge in [0.2, 0.25) is 6.79 Å². The van der Waals surface area contributed by atoms with Crippen molar-refractivity contribution in [3.8, 4) is 11.5 Å². The molecule has 0 spiro atoms. The topological polar surface area (TPSA) is 68.2 Å². The predicted molar refractivity (Wildman–Crippen MR) is 132 cm³/mol. The number of benzene rings is 2. The van der Waals surface area contributed by atoms with Crippen molar-refractivity contribution < 1.29 is 23.7 Å². The van der Waals surface area contributed by atoms with Crippen molar-refractivity contribution in [3.05, 3.63) is 48.0 Å². The summed E-state index contributed by atoms with van der Waals surface area (Å²) in [5.41, 5.74) is 1.50. The maximum absolute atomic E-state index is 14.7. The van der Waals surface area contributed by atoms with E-state index < -0.39 is 13.2 Å². The fourth-order valence-corrected chi connectivity index (χ4v) is 7.21. The summed E-state index contributed by atoms with van der Waals surface area (Å²) in [4.78, 5) is 1.99. The summed E-state index contributed by atoms with van der Waals surface area (Å²) in [5.74, 6) is 1.08. The molecule has 1 aliphatic carbocycles. The van der Waals surface area contributed by atoms with Gasteiger partial charge in [-0.2, -0.15) is 0 Å². The van der Waals surface area contributed by atoms with Gasteiger partial charge in [0, 0.05) is 25.1 Å². The van der Waals surface area contributed by atoms with Gasteiger partial charge < -0.3 is 24.0 Å². The second-order valence-corrected chi connectivity index (χ2v) is 12.4. The van der Waals surface area contributed by atoms with Crippen LogP contribution < -0.4 is 19.7 Å². The van der Waals surface area contributed by atoms with Crippen molar-refractivity contribution in [2.75, 3.05) is 25.8 Å². The molecular weight excluding hydrogens is 437 g/mol. The highest BCUT2D eigenvalue weighted by Crippen LogP contribution is 2.61. The fraction of sp³-hybridized carbons (Fsp3) is 0.538. The number of rotatable bonds is 7. The zero-order valence-electron chi connectivity index (χ0n) is 20.2. The number of ether oxygens (including phenoxy) is 2. The summed E-state index contributed by atoms with van der Waals surface area (Å²) in [7, 11) is 0.232. The average Bonchev–Trinajstić information content (AvgIpc) is 3.26. The Balaban J connectivity index is 1.73. The molecule has 0 radical (unpaired) electrons. The van der Waals surface area contributed by atoms with Gasteiger partial charge in [0.15, 0.2) is 17.3 Å². The van der Waals surface area contributed by atoms with E-state index in [9.17, 15) is 9.67 Å². The van der Waals surface area contributed by atoms with Crippen molar-refractivity contribution >= 4 is 18.4 Å². The number of nitrogens with zero attached hydrogens (tertiary/aromatic N) is 1. The monoisotopic (exact) mass is 473 g/mol. The number of aliphatic hydroxyl groups is 1. The highest BCUT2D eigenvalue weighted by Gasteiger charge is 2.43. The predicted octanol–water partition coefficient (Wildman–Crippen LogP) is 5.55. The first-order valence-corrected chi connectivity index (χ1v) is 13.5. The molecule has 4 rings (SSSR count). The third-order valence-corrected chi connectivity index (χ3v) is 9.54. The van der Waals surface area contributed by atoms with Crippen LogP contribution >= 0.6 is 7.37 Å². The minimum absolute atomic E-state index is 0.144. The smallest absolute Gasteiger partial charge is 0.264 e. The summed E-state index contributed by atoms with van der Waals surface area (Å²) in [6.45, 7) is 6.76. The zero-order valence-corrected chi connectivity index (χ0v) is 21.1. The number of hydrogen-bond acceptors (Lipinski definition) is 6. The third kappa shape index (κ3) is 4.94. The van der Waals surface area contributed by atoms with Crippen LogP contribution in [0.4, 0.5) is 5.69 Å². The molecule has 0 saturated heterocycles. The van der Waals surface area contributed by atoms with Gasteiger partial charge >= 0.3 is 0 Å². The highest BCUT2D eigenvalue weighted by molar-refractivity contribution is 7.67. The lowest BCUT2D eigenvalue weighted by Crippen LogP contribution is -2.35. The van der Waals surface area contributed by atoms with Crippen molar-refractivity contribution in [2.24, 2.45) is 17.8 Å². The van der Waals surface area contributed by atoms with Crippen LogP contribution in [-0.2, 0) is 9.09 Å². The van der Waals surface area contributed by atoms with Crippen LogP contribution in [0, 0.1) is 17.8 Å². The van der Waals surface area contributed by atoms with Gasteiger partial charge in [-0.25, -0.2) is 0 Å². The maximum Gasteiger partial charge on any atom is 0.264 e. The van der Waals surface area contributed by atoms with E-state index in [4.69, 9.17) is 14.0 Å². The molecule has 1 aliphatic heterocycles. The quantitative estimate of drug-likeness (QED) is 0.532. The van der Waals surface area contributed by atoms with E-state index in [1.807, 2.05) is 43.3 Å². The van der Waals surface area contributed by atoms with Gasteiger partial charge in [-0.1, -0.05) is 33.3 Å². The molecule has 0 amide bonds. The molecule has 7 heteroatoms. The lowest BCUT2D eigenvalue weighted by molar-refractivity contribution is 0.0427. The van der Waals surface area contributed by atoms with Crippen LogP contribution in [0.15, 0.2) is 42.5 Å². The molecule has 0 unspecified atom stereocenters. The normalized spacial score (nSPS) is 25.0. The van der Waals surface area contributed by atoms with Gasteiger partial charge in [0.05, 0.1) is 6.10 Å². The van der Waals surface area contributed by atoms with Crippen molar-refractivity contribution in [2.45, 2.75) is 52.0 Å². The van der Waals surface area contributed by atoms with Crippen LogP contribution in [0.2, 0.25) is 0 Å². The first-order chi connectivity index (χ1) is 15.7. The fourth-order valence-electron chi connectivity index (χ4n) is 4.93. The Morgan fingerprint density at radius 3 is 2.42 bits per heavy atom. The lowest BCUT2D eigenvalue weighted by atomic mass is 9.75. The molecule has 0 bridgehead atoms. The molecule has 0 aromatic heterocycles. The van der Waals surface area contributed by atoms with Gasteiger partial charge in [-0.05, 0) is 72.6 Å². The SMILES string of the molecule is CC(C)[C@H]1CC[C@H](C)C[C@H]1O[P@](=O)(c1ccc(N(C)C)cc1)[C@H](O)c1ccc2c(c1)OCO2. The van der Waals surface area contributed by atoms with E-state index in [1.54, 1.807) is 18.2 Å². The van der Waals surface area contributed by atoms with Crippen LogP contribution in [0.1, 0.15) is 51.4 Å². The molecule has 1 N–H and O–H groups in total. The van der Waals surface area contributed by atoms with E-state index in [-0.39, 0.29) is 12.9 Å². The van der Waals surface area contributed by atoms with E-state index in [0.717, 1.165) is 24.9 Å². The van der Waals surface area contributed by atoms with Crippen LogP contribution in [-0.4, -0.2) is 32.1 Å². The number of anilines is 1. The summed E-state index contributed by atoms with van der Waals surface area (Å²) in [5, 5.41) is 12.1. The first-order valence-electron chi connectivity index (χ1n) is 11.8. The Kier molecular flexibility index (Phi) is 7.09. The van der Waals surface area contributed by atoms with Crippen LogP contribution in [0.25, 0.3) is 0 Å². The summed E-state index contributed by atoms with van der Waals surface area (Å²) in [6, 6.07) is 12.7. The minimum atomic E-state index is -3.69. The average molecular weight is 474 g/mol. The Hall–Kier alpha value is -2.01. The molecule has 1 heterocycles. The summed E-state index contributed by atoms with van der Waals surface area (Å²) >= 11 is 0. The minimum Gasteiger partial charge on any atom is -0.454 e. The van der Waals surface area contributed by atoms with E-state index in [1.165, 1.54) is 0 Å². The molecule has 33 heavy (non-hydrogen) atoms. The molecule has 2 aromatic carbocycles. The molecule has 2 aliphatic rings. The third-order valence-electron chi connectivity index (χ3n) is 7.00. The van der Waals surface area contributed by atoms with Gasteiger partial charge in [0.1, 0.15) is 0 Å². The summed E-state index contributed by atoms with van der Waals surface area (Å²) < 4.78 is 32.1. The standard InChI is InChI=1S/C26H36NO5P/c1-17(2)22-12-6-18(3)14-24(22)32-33(29,21-10-8-20(9-11-21)27(4)5)26(28)19-7-13-23-25(15-19)31-16-30-23/h7-11,13,15,17-18,22,24,26,28H,6,12,14,16H2,1-5H3/t18-,22+,24+,26-,33+/m0/s1. The highest BCUT2D eigenvalue weighted by atomic mass is 31.2. The molecule has 2 aromatic rings. The second kappa shape index (κ2) is 9.69. The van der Waals surface area contributed by atoms with Gasteiger partial charge in [-0.15, -0.1) is 0 Å². The number of fused-ring (bicyclic) bond motifs is 1. The van der Waals surface area contributed by atoms with E-state index in [2.05, 4.69) is 20.8 Å². The van der Waals surface area contributed by atoms with Crippen LogP contribution in [0.3, 0.4) is 0 Å². The zero-order chi connectivity index (χ0) is 23.8. The van der Waals surface area contributed by atoms with Gasteiger partial charge in [0.25, 0.3) is 7.37 Å². The first kappa shape index (κ1) is 24.1. The molecule has 6 nitrogen and oxygen atoms in total. The lowest BCUT2D eigenvalue weighted by Gasteiger charge is -2.40. The molecule has 5 atom stereocenters. The van der Waals surface area contributed by atoms with Crippen molar-refractivity contribution in [3.63, 3.8) is 0 Å². The number of hydrogen-bond donors (Lipinski definition) is 1. The number of aliphatic hydroxyl groups excluding tert-OH is 1. The Labute approximate surface area is 197 Å². The Morgan fingerprint density at radius 2 is 1.76 bits per heavy atom. The second-order valence-electron chi connectivity index (χ2n) is 9.96. The maximum atomic E-state index is 14.7. The Bertz CT molecular complexity index is 1010. The summed E-state index contributed by atoms with van der Waals surface area (Å²) in [6.07, 6.45) is 2.87. The largest absolute Gasteiger partial charge is 0.454 e. The van der Waals surface area contributed by atoms with E-state index >= 15 is 0 Å². The van der Waals surface area contributed by atoms with Crippen LogP contribution in [0.5, 0.6) is 11.5 Å². The molecule has 180 valence electrons. The van der Waals surface area contributed by atoms with Crippen molar-refractivity contribution in [1.82, 2.24) is 0 Å².